The first-order chi connectivity index (χ1) is 14.3. The molecule has 0 aliphatic carbocycles. The van der Waals surface area contributed by atoms with Crippen LogP contribution in [-0.2, 0) is 0 Å². The highest BCUT2D eigenvalue weighted by Gasteiger charge is 2.24. The Labute approximate surface area is 174 Å². The summed E-state index contributed by atoms with van der Waals surface area (Å²) in [5, 5.41) is 5.20. The maximum absolute atomic E-state index is 13.1. The van der Waals surface area contributed by atoms with E-state index in [9.17, 15) is 9.59 Å². The van der Waals surface area contributed by atoms with Crippen LogP contribution in [0, 0.1) is 13.8 Å². The van der Waals surface area contributed by atoms with Gasteiger partial charge in [0.05, 0.1) is 24.5 Å². The lowest BCUT2D eigenvalue weighted by atomic mass is 10.0. The Morgan fingerprint density at radius 3 is 2.50 bits per heavy atom. The van der Waals surface area contributed by atoms with Crippen LogP contribution in [-0.4, -0.2) is 29.7 Å². The number of ether oxygens (including phenoxy) is 1. The molecule has 4 rings (SSSR count). The number of hydrogen-bond acceptors (Lipinski definition) is 5. The fourth-order valence-corrected chi connectivity index (χ4v) is 4.07. The van der Waals surface area contributed by atoms with E-state index in [1.54, 1.807) is 27.9 Å². The molecule has 0 aliphatic rings. The Bertz CT molecular complexity index is 1300. The molecule has 2 N–H and O–H groups in total. The molecule has 6 nitrogen and oxygen atoms in total. The van der Waals surface area contributed by atoms with Crippen molar-refractivity contribution in [2.75, 3.05) is 12.4 Å². The molecule has 0 unspecified atom stereocenters. The number of para-hydroxylation sites is 1. The number of aromatic nitrogens is 1. The van der Waals surface area contributed by atoms with Crippen LogP contribution in [0.1, 0.15) is 46.0 Å². The Morgan fingerprint density at radius 2 is 1.83 bits per heavy atom. The van der Waals surface area contributed by atoms with Crippen molar-refractivity contribution in [2.24, 2.45) is 0 Å². The third-order valence-corrected chi connectivity index (χ3v) is 5.50. The first-order valence-corrected chi connectivity index (χ1v) is 9.82. The molecule has 2 heterocycles. The van der Waals surface area contributed by atoms with E-state index < -0.39 is 6.04 Å². The number of ketones is 2. The Kier molecular flexibility index (Phi) is 4.86. The van der Waals surface area contributed by atoms with Crippen molar-refractivity contribution >= 4 is 39.2 Å². The maximum atomic E-state index is 13.1. The SMILES string of the molecule is COc1cc2c(cc1N[C@@H](C)C(=O)c1[nH]c(C)c(C(C)=O)c1C)oc1ccccc12. The third-order valence-electron chi connectivity index (χ3n) is 5.50. The van der Waals surface area contributed by atoms with Crippen LogP contribution in [0.2, 0.25) is 0 Å². The highest BCUT2D eigenvalue weighted by molar-refractivity contribution is 6.08. The van der Waals surface area contributed by atoms with Gasteiger partial charge in [-0.3, -0.25) is 9.59 Å². The number of carbonyl (C=O) groups is 2. The third kappa shape index (κ3) is 3.14. The Morgan fingerprint density at radius 1 is 1.10 bits per heavy atom. The molecule has 0 amide bonds. The molecular weight excluding hydrogens is 380 g/mol. The molecule has 2 aromatic heterocycles. The molecule has 0 fully saturated rings. The quantitative estimate of drug-likeness (QED) is 0.419. The van der Waals surface area contributed by atoms with Crippen LogP contribution < -0.4 is 10.1 Å². The average Bonchev–Trinajstić information content (AvgIpc) is 3.22. The lowest BCUT2D eigenvalue weighted by Crippen LogP contribution is -2.27. The molecule has 0 saturated carbocycles. The van der Waals surface area contributed by atoms with Crippen LogP contribution >= 0.6 is 0 Å². The van der Waals surface area contributed by atoms with E-state index in [0.717, 1.165) is 16.4 Å². The summed E-state index contributed by atoms with van der Waals surface area (Å²) >= 11 is 0. The summed E-state index contributed by atoms with van der Waals surface area (Å²) in [6, 6.07) is 11.0. The van der Waals surface area contributed by atoms with E-state index in [2.05, 4.69) is 10.3 Å². The minimum atomic E-state index is -0.544. The molecule has 6 heteroatoms. The largest absolute Gasteiger partial charge is 0.495 e. The van der Waals surface area contributed by atoms with Gasteiger partial charge in [0.25, 0.3) is 0 Å². The van der Waals surface area contributed by atoms with Crippen LogP contribution in [0.4, 0.5) is 5.69 Å². The van der Waals surface area contributed by atoms with Gasteiger partial charge in [-0.25, -0.2) is 0 Å². The van der Waals surface area contributed by atoms with E-state index in [4.69, 9.17) is 9.15 Å². The lowest BCUT2D eigenvalue weighted by Gasteiger charge is -2.17. The normalized spacial score (nSPS) is 12.3. The number of Topliss-reactive ketones (excluding diaryl/α,β-unsaturated/α-hetero) is 2. The minimum absolute atomic E-state index is 0.0575. The molecule has 154 valence electrons. The number of fused-ring (bicyclic) bond motifs is 3. The highest BCUT2D eigenvalue weighted by Crippen LogP contribution is 2.36. The molecule has 2 aromatic carbocycles. The van der Waals surface area contributed by atoms with Crippen LogP contribution in [0.15, 0.2) is 40.8 Å². The van der Waals surface area contributed by atoms with Gasteiger partial charge in [-0.1, -0.05) is 18.2 Å². The van der Waals surface area contributed by atoms with Crippen molar-refractivity contribution < 1.29 is 18.7 Å². The van der Waals surface area contributed by atoms with Gasteiger partial charge in [-0.05, 0) is 45.4 Å². The number of carbonyl (C=O) groups excluding carboxylic acids is 2. The summed E-state index contributed by atoms with van der Waals surface area (Å²) in [5.74, 6) is 0.435. The van der Waals surface area contributed by atoms with Crippen molar-refractivity contribution in [1.29, 1.82) is 0 Å². The van der Waals surface area contributed by atoms with E-state index in [1.807, 2.05) is 36.4 Å². The number of anilines is 1. The number of H-pyrrole nitrogens is 1. The number of rotatable bonds is 6. The summed E-state index contributed by atoms with van der Waals surface area (Å²) in [6.45, 7) is 6.89. The molecule has 30 heavy (non-hydrogen) atoms. The van der Waals surface area contributed by atoms with Crippen molar-refractivity contribution in [1.82, 2.24) is 4.98 Å². The van der Waals surface area contributed by atoms with Gasteiger partial charge in [-0.15, -0.1) is 0 Å². The Balaban J connectivity index is 1.69. The molecule has 4 aromatic rings. The maximum Gasteiger partial charge on any atom is 0.201 e. The standard InChI is InChI=1S/C24H24N2O4/c1-12-22(15(4)27)13(2)26-23(12)24(28)14(3)25-18-11-20-17(10-21(18)29-5)16-8-6-7-9-19(16)30-20/h6-11,14,25-26H,1-5H3/t14-/m0/s1. The van der Waals surface area contributed by atoms with Crippen LogP contribution in [0.25, 0.3) is 21.9 Å². The zero-order chi connectivity index (χ0) is 21.6. The van der Waals surface area contributed by atoms with Crippen molar-refractivity contribution in [3.63, 3.8) is 0 Å². The second-order valence-corrected chi connectivity index (χ2v) is 7.56. The number of aromatic amines is 1. The number of methoxy groups -OCH3 is 1. The van der Waals surface area contributed by atoms with E-state index in [-0.39, 0.29) is 11.6 Å². The first kappa shape index (κ1) is 19.8. The van der Waals surface area contributed by atoms with E-state index >= 15 is 0 Å². The van der Waals surface area contributed by atoms with Gasteiger partial charge in [-0.2, -0.15) is 0 Å². The van der Waals surface area contributed by atoms with E-state index in [0.29, 0.717) is 39.5 Å². The fourth-order valence-electron chi connectivity index (χ4n) is 4.07. The average molecular weight is 404 g/mol. The monoisotopic (exact) mass is 404 g/mol. The summed E-state index contributed by atoms with van der Waals surface area (Å²) in [6.07, 6.45) is 0. The second kappa shape index (κ2) is 7.37. The van der Waals surface area contributed by atoms with Gasteiger partial charge >= 0.3 is 0 Å². The van der Waals surface area contributed by atoms with Crippen molar-refractivity contribution in [3.05, 3.63) is 58.9 Å². The summed E-state index contributed by atoms with van der Waals surface area (Å²) in [7, 11) is 1.60. The highest BCUT2D eigenvalue weighted by atomic mass is 16.5. The topological polar surface area (TPSA) is 84.3 Å². The van der Waals surface area contributed by atoms with Crippen LogP contribution in [0.3, 0.4) is 0 Å². The summed E-state index contributed by atoms with van der Waals surface area (Å²) < 4.78 is 11.5. The van der Waals surface area contributed by atoms with Crippen molar-refractivity contribution in [2.45, 2.75) is 33.7 Å². The van der Waals surface area contributed by atoms with E-state index in [1.165, 1.54) is 6.92 Å². The lowest BCUT2D eigenvalue weighted by molar-refractivity contribution is 0.0970. The predicted molar refractivity (Wildman–Crippen MR) is 118 cm³/mol. The number of aryl methyl sites for hydroxylation is 1. The molecule has 0 spiro atoms. The van der Waals surface area contributed by atoms with Crippen molar-refractivity contribution in [3.8, 4) is 5.75 Å². The number of nitrogens with one attached hydrogen (secondary N) is 2. The van der Waals surface area contributed by atoms with Gasteiger partial charge < -0.3 is 19.5 Å². The van der Waals surface area contributed by atoms with Gasteiger partial charge in [0.1, 0.15) is 16.9 Å². The predicted octanol–water partition coefficient (Wildman–Crippen LogP) is 5.43. The number of furan rings is 1. The van der Waals surface area contributed by atoms with Gasteiger partial charge in [0.15, 0.2) is 5.78 Å². The zero-order valence-corrected chi connectivity index (χ0v) is 17.7. The number of hydrogen-bond donors (Lipinski definition) is 2. The zero-order valence-electron chi connectivity index (χ0n) is 17.7. The second-order valence-electron chi connectivity index (χ2n) is 7.56. The molecule has 0 radical (unpaired) electrons. The minimum Gasteiger partial charge on any atom is -0.495 e. The molecular formula is C24H24N2O4. The molecule has 0 aliphatic heterocycles. The Hall–Kier alpha value is -3.54. The molecule has 1 atom stereocenters. The van der Waals surface area contributed by atoms with Crippen LogP contribution in [0.5, 0.6) is 5.75 Å². The fraction of sp³-hybridized carbons (Fsp3) is 0.250. The number of benzene rings is 2. The van der Waals surface area contributed by atoms with Gasteiger partial charge in [0, 0.05) is 28.1 Å². The summed E-state index contributed by atoms with van der Waals surface area (Å²) in [4.78, 5) is 28.1. The molecule has 0 bridgehead atoms. The summed E-state index contributed by atoms with van der Waals surface area (Å²) in [5.41, 5.74) is 4.58. The van der Waals surface area contributed by atoms with Gasteiger partial charge in [0.2, 0.25) is 5.78 Å². The first-order valence-electron chi connectivity index (χ1n) is 9.82. The molecule has 0 saturated heterocycles. The smallest absolute Gasteiger partial charge is 0.201 e.